The first-order valence-electron chi connectivity index (χ1n) is 25.3. The van der Waals surface area contributed by atoms with Gasteiger partial charge < -0.3 is 100 Å². The minimum absolute atomic E-state index is 0.0154. The average Bonchev–Trinajstić information content (AvgIpc) is 4.10. The van der Waals surface area contributed by atoms with Crippen molar-refractivity contribution in [1.29, 1.82) is 0 Å². The van der Waals surface area contributed by atoms with Crippen LogP contribution in [-0.4, -0.2) is 168 Å². The highest BCUT2D eigenvalue weighted by molar-refractivity contribution is 5.90. The van der Waals surface area contributed by atoms with Gasteiger partial charge >= 0.3 is 11.9 Å². The quantitative estimate of drug-likeness (QED) is 0.0295. The second-order valence-electron chi connectivity index (χ2n) is 20.5. The van der Waals surface area contributed by atoms with Crippen LogP contribution in [0.2, 0.25) is 0 Å². The number of aromatic hydroxyl groups is 3. The molecule has 16 N–H and O–H groups in total. The van der Waals surface area contributed by atoms with E-state index in [1.807, 2.05) is 25.8 Å². The fourth-order valence-electron chi connectivity index (χ4n) is 11.6. The standard InChI is InChI=1S/C54H59N3O21/c1-3-32-30(21-29-24(2)8-14-56-47(29)57-32)31-20-27(19-28-7-4-13-55-28)53(75-37-23-36-39(41(63)38(31)37)33(60)22-35(74-36)26-17-25(9-16-59)40(62)34(61)18-26)44(66)42(64)43(65)50(77-53)10-5-11-51(48(69)70)54(72,73)46(68)45(67)52(78-51,12-6-15-58)76-49(50)71/h4,7,13,17-18,20-24,31,42-47,55-59,61-68,72-73H,3,6,8-10,12,14-16,19H2,1-2H3,(H,69,70)/t24-,31-,42+,43+,44-,45-,46-,47?,50+,51-,52+,53+/m1/s1. The number of aliphatic hydroxyl groups is 9. The predicted octanol–water partition coefficient (Wildman–Crippen LogP) is -0.543. The largest absolute Gasteiger partial charge is 0.507 e. The molecular weight excluding hydrogens is 1030 g/mol. The van der Waals surface area contributed by atoms with Crippen LogP contribution in [0.15, 0.2) is 86.4 Å². The molecule has 0 radical (unpaired) electrons. The molecule has 2 aromatic heterocycles. The summed E-state index contributed by atoms with van der Waals surface area (Å²) in [6.07, 6.45) is -10.5. The maximum atomic E-state index is 15.4. The Balaban J connectivity index is 1.26. The van der Waals surface area contributed by atoms with E-state index in [9.17, 15) is 76.0 Å². The number of rotatable bonds is 11. The number of dihydropyridines is 1. The number of nitrogens with one attached hydrogen (secondary N) is 3. The minimum Gasteiger partial charge on any atom is -0.507 e. The number of piperidine rings is 1. The number of hydrogen-bond acceptors (Lipinski definition) is 22. The van der Waals surface area contributed by atoms with Gasteiger partial charge in [0.1, 0.15) is 46.5 Å². The fourth-order valence-corrected chi connectivity index (χ4v) is 11.6. The Morgan fingerprint density at radius 3 is 2.38 bits per heavy atom. The van der Waals surface area contributed by atoms with Crippen LogP contribution in [0.25, 0.3) is 22.3 Å². The van der Waals surface area contributed by atoms with Crippen LogP contribution in [0.1, 0.15) is 68.7 Å². The van der Waals surface area contributed by atoms with E-state index in [-0.39, 0.29) is 63.9 Å². The number of fused-ring (bicyclic) bond motifs is 5. The van der Waals surface area contributed by atoms with Crippen molar-refractivity contribution in [2.24, 2.45) is 5.92 Å². The molecule has 2 spiro atoms. The first-order valence-corrected chi connectivity index (χ1v) is 25.3. The molecule has 6 aliphatic heterocycles. The summed E-state index contributed by atoms with van der Waals surface area (Å²) in [4.78, 5) is 46.1. The van der Waals surface area contributed by atoms with Gasteiger partial charge in [-0.15, -0.1) is 0 Å². The number of ether oxygens (including phenoxy) is 4. The van der Waals surface area contributed by atoms with Crippen LogP contribution < -0.4 is 20.8 Å². The number of benzene rings is 2. The van der Waals surface area contributed by atoms with Crippen molar-refractivity contribution >= 4 is 22.9 Å². The number of aliphatic hydroxyl groups excluding tert-OH is 7. The maximum absolute atomic E-state index is 15.4. The molecular formula is C54H59N3O21. The van der Waals surface area contributed by atoms with Crippen molar-refractivity contribution in [2.45, 2.75) is 130 Å². The van der Waals surface area contributed by atoms with Crippen LogP contribution in [0.3, 0.4) is 0 Å². The van der Waals surface area contributed by atoms with Gasteiger partial charge in [-0.25, -0.2) is 9.59 Å². The fraction of sp³-hybridized carbons (Fsp3) is 0.463. The number of aromatic amines is 1. The summed E-state index contributed by atoms with van der Waals surface area (Å²) in [5.41, 5.74) is -5.70. The van der Waals surface area contributed by atoms with Crippen molar-refractivity contribution in [2.75, 3.05) is 19.8 Å². The third kappa shape index (κ3) is 8.27. The lowest BCUT2D eigenvalue weighted by Crippen LogP contribution is -2.79. The first kappa shape index (κ1) is 54.5. The van der Waals surface area contributed by atoms with Crippen molar-refractivity contribution in [3.8, 4) is 46.2 Å². The number of H-pyrrole nitrogens is 1. The van der Waals surface area contributed by atoms with Gasteiger partial charge in [0.15, 0.2) is 29.1 Å². The van der Waals surface area contributed by atoms with Crippen molar-refractivity contribution in [1.82, 2.24) is 15.6 Å². The highest BCUT2D eigenvalue weighted by atomic mass is 16.8. The van der Waals surface area contributed by atoms with Crippen LogP contribution >= 0.6 is 0 Å². The van der Waals surface area contributed by atoms with E-state index in [1.165, 1.54) is 18.2 Å². The molecule has 0 saturated carbocycles. The zero-order valence-electron chi connectivity index (χ0n) is 42.0. The second kappa shape index (κ2) is 19.8. The lowest BCUT2D eigenvalue weighted by molar-refractivity contribution is -0.430. The molecule has 2 bridgehead atoms. The highest BCUT2D eigenvalue weighted by Crippen LogP contribution is 2.55. The SMILES string of the molecule is CCC1=C([C@H]2C=C(Cc3ccc[nH]3)[C@]3(Oc4cc5oc(-c6cc(O)c(O)c(CCO)c6)cc(=O)c5c(O)c42)O[C@@]2(CC#C[C@]4(C(=O)O)O[C@](CCCO)(OC2=O)[C@H](O)[C@@H](O)C4(O)O)[C@@H](O)[C@H](O)[C@H]3O)C=C2C(NCC[C@H]2C)N1. The van der Waals surface area contributed by atoms with Gasteiger partial charge in [-0.3, -0.25) is 10.1 Å². The molecule has 10 rings (SSSR count). The van der Waals surface area contributed by atoms with Crippen LogP contribution in [-0.2, 0) is 36.6 Å². The number of carbonyl (C=O) groups excluding carboxylic acids is 1. The molecule has 8 heterocycles. The van der Waals surface area contributed by atoms with Crippen molar-refractivity contribution < 1.29 is 99.3 Å². The third-order valence-electron chi connectivity index (χ3n) is 15.8. The van der Waals surface area contributed by atoms with Crippen LogP contribution in [0, 0.1) is 17.8 Å². The van der Waals surface area contributed by atoms with E-state index in [0.29, 0.717) is 29.9 Å². The number of hydrogen-bond donors (Lipinski definition) is 16. The molecule has 3 saturated heterocycles. The monoisotopic (exact) mass is 1090 g/mol. The van der Waals surface area contributed by atoms with E-state index in [4.69, 9.17) is 23.4 Å². The average molecular weight is 1090 g/mol. The lowest BCUT2D eigenvalue weighted by atomic mass is 9.76. The Kier molecular flexibility index (Phi) is 13.8. The molecule has 6 aliphatic rings. The van der Waals surface area contributed by atoms with Crippen molar-refractivity contribution in [3.63, 3.8) is 0 Å². The normalized spacial score (nSPS) is 33.1. The maximum Gasteiger partial charge on any atom is 0.354 e. The molecule has 1 unspecified atom stereocenters. The van der Waals surface area contributed by atoms with Gasteiger partial charge in [-0.2, -0.15) is 0 Å². The summed E-state index contributed by atoms with van der Waals surface area (Å²) in [6.45, 7) is 3.44. The van der Waals surface area contributed by atoms with Gasteiger partial charge in [-0.05, 0) is 79.5 Å². The Labute approximate surface area is 442 Å². The lowest BCUT2D eigenvalue weighted by Gasteiger charge is -2.55. The van der Waals surface area contributed by atoms with Gasteiger partial charge in [0, 0.05) is 84.0 Å². The number of phenols is 3. The number of carbonyl (C=O) groups is 2. The number of phenolic OH excluding ortho intramolecular Hbond substituents is 3. The minimum atomic E-state index is -3.96. The molecule has 0 aliphatic carbocycles. The van der Waals surface area contributed by atoms with Gasteiger partial charge in [-0.1, -0.05) is 31.9 Å². The second-order valence-corrected chi connectivity index (χ2v) is 20.5. The Morgan fingerprint density at radius 2 is 1.69 bits per heavy atom. The number of carboxylic acids is 1. The number of aliphatic carboxylic acids is 1. The molecule has 0 amide bonds. The van der Waals surface area contributed by atoms with E-state index in [1.54, 1.807) is 18.3 Å². The summed E-state index contributed by atoms with van der Waals surface area (Å²) in [5.74, 6) is -13.5. The molecule has 12 atom stereocenters. The molecule has 4 aromatic rings. The van der Waals surface area contributed by atoms with E-state index >= 15 is 4.79 Å². The number of carboxylic acid groups (broad SMARTS) is 1. The van der Waals surface area contributed by atoms with Crippen molar-refractivity contribution in [3.05, 3.63) is 104 Å². The number of esters is 1. The summed E-state index contributed by atoms with van der Waals surface area (Å²) in [7, 11) is 0. The Morgan fingerprint density at radius 1 is 0.923 bits per heavy atom. The van der Waals surface area contributed by atoms with Gasteiger partial charge in [0.05, 0.1) is 12.6 Å². The molecule has 24 heteroatoms. The summed E-state index contributed by atoms with van der Waals surface area (Å²) >= 11 is 0. The number of aromatic nitrogens is 1. The smallest absolute Gasteiger partial charge is 0.354 e. The van der Waals surface area contributed by atoms with E-state index in [2.05, 4.69) is 21.5 Å². The van der Waals surface area contributed by atoms with E-state index < -0.39 is 138 Å². The van der Waals surface area contributed by atoms with Gasteiger partial charge in [0.25, 0.3) is 11.4 Å². The third-order valence-corrected chi connectivity index (χ3v) is 15.8. The van der Waals surface area contributed by atoms with Crippen LogP contribution in [0.4, 0.5) is 0 Å². The molecule has 2 aromatic carbocycles. The van der Waals surface area contributed by atoms with Crippen LogP contribution in [0.5, 0.6) is 23.0 Å². The molecule has 416 valence electrons. The summed E-state index contributed by atoms with van der Waals surface area (Å²) < 4.78 is 31.5. The van der Waals surface area contributed by atoms with E-state index in [0.717, 1.165) is 24.1 Å². The summed E-state index contributed by atoms with van der Waals surface area (Å²) in [5, 5.41) is 154. The zero-order valence-corrected chi connectivity index (χ0v) is 42.0. The molecule has 3 fully saturated rings. The highest BCUT2D eigenvalue weighted by Gasteiger charge is 2.75. The first-order chi connectivity index (χ1) is 37.0. The summed E-state index contributed by atoms with van der Waals surface area (Å²) in [6, 6.07) is 7.94. The zero-order chi connectivity index (χ0) is 56.0. The topological polar surface area (TPSA) is 404 Å². The Hall–Kier alpha value is -6.83. The number of allylic oxidation sites excluding steroid dienone is 4. The van der Waals surface area contributed by atoms with Gasteiger partial charge in [0.2, 0.25) is 17.2 Å². The Bertz CT molecular complexity index is 3300. The predicted molar refractivity (Wildman–Crippen MR) is 266 cm³/mol. The molecule has 24 nitrogen and oxygen atoms in total. The molecule has 78 heavy (non-hydrogen) atoms.